The van der Waals surface area contributed by atoms with Gasteiger partial charge in [0.2, 0.25) is 0 Å². The second kappa shape index (κ2) is 5.72. The molecular weight excluding hydrogens is 206 g/mol. The van der Waals surface area contributed by atoms with Gasteiger partial charge in [0, 0.05) is 19.7 Å². The quantitative estimate of drug-likeness (QED) is 0.715. The van der Waals surface area contributed by atoms with Crippen molar-refractivity contribution < 1.29 is 14.9 Å². The van der Waals surface area contributed by atoms with E-state index in [0.29, 0.717) is 12.1 Å². The van der Waals surface area contributed by atoms with E-state index in [0.717, 1.165) is 0 Å². The first kappa shape index (κ1) is 12.8. The second-order valence-electron chi connectivity index (χ2n) is 3.89. The molecule has 1 aromatic carbocycles. The van der Waals surface area contributed by atoms with Crippen molar-refractivity contribution in [2.24, 2.45) is 0 Å². The van der Waals surface area contributed by atoms with Gasteiger partial charge in [-0.05, 0) is 26.0 Å². The molecule has 0 fully saturated rings. The van der Waals surface area contributed by atoms with Gasteiger partial charge < -0.3 is 20.3 Å². The van der Waals surface area contributed by atoms with Gasteiger partial charge in [-0.15, -0.1) is 0 Å². The maximum atomic E-state index is 9.65. The first-order valence-electron chi connectivity index (χ1n) is 5.33. The molecule has 16 heavy (non-hydrogen) atoms. The molecule has 2 atom stereocenters. The molecular formula is C12H19NO3. The van der Waals surface area contributed by atoms with Gasteiger partial charge in [0.15, 0.2) is 0 Å². The summed E-state index contributed by atoms with van der Waals surface area (Å²) in [5.41, 5.74) is 0.519. The number of benzene rings is 1. The summed E-state index contributed by atoms with van der Waals surface area (Å²) >= 11 is 0. The molecule has 4 nitrogen and oxygen atoms in total. The van der Waals surface area contributed by atoms with E-state index in [1.54, 1.807) is 25.3 Å². The van der Waals surface area contributed by atoms with Gasteiger partial charge in [-0.2, -0.15) is 0 Å². The van der Waals surface area contributed by atoms with Crippen molar-refractivity contribution in [1.29, 1.82) is 0 Å². The molecule has 0 aliphatic heterocycles. The van der Waals surface area contributed by atoms with Crippen LogP contribution in [0, 0.1) is 0 Å². The molecule has 0 spiro atoms. The van der Waals surface area contributed by atoms with E-state index < -0.39 is 0 Å². The lowest BCUT2D eigenvalue weighted by Gasteiger charge is -2.19. The molecule has 0 bridgehead atoms. The zero-order chi connectivity index (χ0) is 12.1. The van der Waals surface area contributed by atoms with Gasteiger partial charge in [-0.3, -0.25) is 0 Å². The summed E-state index contributed by atoms with van der Waals surface area (Å²) in [7, 11) is 1.65. The molecule has 0 aliphatic carbocycles. The predicted octanol–water partition coefficient (Wildman–Crippen LogP) is 1.78. The SMILES string of the molecule is COC(C)CNC(C)c1c(O)cccc1O. The normalized spacial score (nSPS) is 14.7. The lowest BCUT2D eigenvalue weighted by molar-refractivity contribution is 0.114. The van der Waals surface area contributed by atoms with E-state index in [2.05, 4.69) is 5.32 Å². The zero-order valence-electron chi connectivity index (χ0n) is 9.90. The number of methoxy groups -OCH3 is 1. The minimum atomic E-state index is -0.126. The topological polar surface area (TPSA) is 61.7 Å². The molecule has 0 saturated carbocycles. The Kier molecular flexibility index (Phi) is 4.58. The first-order valence-corrected chi connectivity index (χ1v) is 5.33. The van der Waals surface area contributed by atoms with E-state index in [1.165, 1.54) is 0 Å². The highest BCUT2D eigenvalue weighted by atomic mass is 16.5. The highest BCUT2D eigenvalue weighted by Crippen LogP contribution is 2.31. The molecule has 1 aromatic rings. The fourth-order valence-corrected chi connectivity index (χ4v) is 1.51. The number of nitrogens with one attached hydrogen (secondary N) is 1. The predicted molar refractivity (Wildman–Crippen MR) is 62.7 cm³/mol. The number of rotatable bonds is 5. The van der Waals surface area contributed by atoms with Crippen LogP contribution in [0.2, 0.25) is 0 Å². The number of phenols is 2. The molecule has 0 heterocycles. The number of hydrogen-bond donors (Lipinski definition) is 3. The Morgan fingerprint density at radius 3 is 2.31 bits per heavy atom. The van der Waals surface area contributed by atoms with E-state index in [1.807, 2.05) is 13.8 Å². The average Bonchev–Trinajstić information content (AvgIpc) is 2.25. The number of ether oxygens (including phenoxy) is 1. The van der Waals surface area contributed by atoms with Gasteiger partial charge in [0.05, 0.1) is 11.7 Å². The van der Waals surface area contributed by atoms with Crippen molar-refractivity contribution >= 4 is 0 Å². The van der Waals surface area contributed by atoms with Gasteiger partial charge in [-0.25, -0.2) is 0 Å². The van der Waals surface area contributed by atoms with E-state index in [4.69, 9.17) is 4.74 Å². The third-order valence-corrected chi connectivity index (χ3v) is 2.61. The van der Waals surface area contributed by atoms with Crippen molar-refractivity contribution in [2.75, 3.05) is 13.7 Å². The summed E-state index contributed by atoms with van der Waals surface area (Å²) < 4.78 is 5.11. The van der Waals surface area contributed by atoms with Crippen LogP contribution in [0.25, 0.3) is 0 Å². The Balaban J connectivity index is 2.69. The summed E-state index contributed by atoms with van der Waals surface area (Å²) in [5, 5.41) is 22.5. The molecule has 0 saturated heterocycles. The maximum Gasteiger partial charge on any atom is 0.124 e. The molecule has 1 rings (SSSR count). The van der Waals surface area contributed by atoms with E-state index in [-0.39, 0.29) is 23.6 Å². The summed E-state index contributed by atoms with van der Waals surface area (Å²) in [4.78, 5) is 0. The second-order valence-corrected chi connectivity index (χ2v) is 3.89. The largest absolute Gasteiger partial charge is 0.507 e. The Morgan fingerprint density at radius 1 is 1.25 bits per heavy atom. The Hall–Kier alpha value is -1.26. The maximum absolute atomic E-state index is 9.65. The summed E-state index contributed by atoms with van der Waals surface area (Å²) in [5.74, 6) is 0.204. The van der Waals surface area contributed by atoms with Gasteiger partial charge >= 0.3 is 0 Å². The van der Waals surface area contributed by atoms with E-state index >= 15 is 0 Å². The average molecular weight is 225 g/mol. The van der Waals surface area contributed by atoms with Crippen LogP contribution >= 0.6 is 0 Å². The van der Waals surface area contributed by atoms with Crippen LogP contribution in [0.5, 0.6) is 11.5 Å². The molecule has 3 N–H and O–H groups in total. The Bertz CT molecular complexity index is 321. The minimum Gasteiger partial charge on any atom is -0.507 e. The third kappa shape index (κ3) is 3.12. The molecule has 2 unspecified atom stereocenters. The zero-order valence-corrected chi connectivity index (χ0v) is 9.90. The van der Waals surface area contributed by atoms with Gasteiger partial charge in [0.25, 0.3) is 0 Å². The smallest absolute Gasteiger partial charge is 0.124 e. The fraction of sp³-hybridized carbons (Fsp3) is 0.500. The summed E-state index contributed by atoms with van der Waals surface area (Å²) in [6.45, 7) is 4.49. The monoisotopic (exact) mass is 225 g/mol. The van der Waals surface area contributed by atoms with E-state index in [9.17, 15) is 10.2 Å². The van der Waals surface area contributed by atoms with Crippen LogP contribution < -0.4 is 5.32 Å². The highest BCUT2D eigenvalue weighted by Gasteiger charge is 2.14. The molecule has 90 valence electrons. The lowest BCUT2D eigenvalue weighted by Crippen LogP contribution is -2.28. The lowest BCUT2D eigenvalue weighted by atomic mass is 10.1. The van der Waals surface area contributed by atoms with Crippen molar-refractivity contribution in [3.8, 4) is 11.5 Å². The molecule has 0 amide bonds. The molecule has 0 aliphatic rings. The van der Waals surface area contributed by atoms with Crippen LogP contribution in [-0.2, 0) is 4.74 Å². The number of aromatic hydroxyl groups is 2. The van der Waals surface area contributed by atoms with Crippen molar-refractivity contribution in [3.63, 3.8) is 0 Å². The Labute approximate surface area is 95.9 Å². The van der Waals surface area contributed by atoms with Crippen molar-refractivity contribution in [2.45, 2.75) is 26.0 Å². The standard InChI is InChI=1S/C12H19NO3/c1-8(16-3)7-13-9(2)12-10(14)5-4-6-11(12)15/h4-6,8-9,13-15H,7H2,1-3H3. The van der Waals surface area contributed by atoms with Crippen LogP contribution in [0.15, 0.2) is 18.2 Å². The Morgan fingerprint density at radius 2 is 1.81 bits per heavy atom. The van der Waals surface area contributed by atoms with Crippen LogP contribution in [0.3, 0.4) is 0 Å². The number of phenolic OH excluding ortho intramolecular Hbond substituents is 2. The first-order chi connectivity index (χ1) is 7.56. The van der Waals surface area contributed by atoms with Crippen LogP contribution in [0.4, 0.5) is 0 Å². The molecule has 0 radical (unpaired) electrons. The number of hydrogen-bond acceptors (Lipinski definition) is 4. The van der Waals surface area contributed by atoms with Crippen molar-refractivity contribution in [3.05, 3.63) is 23.8 Å². The molecule has 0 aromatic heterocycles. The van der Waals surface area contributed by atoms with Crippen molar-refractivity contribution in [1.82, 2.24) is 5.32 Å². The third-order valence-electron chi connectivity index (χ3n) is 2.61. The summed E-state index contributed by atoms with van der Waals surface area (Å²) in [6.07, 6.45) is 0.0930. The van der Waals surface area contributed by atoms with Gasteiger partial charge in [0.1, 0.15) is 11.5 Å². The van der Waals surface area contributed by atoms with Crippen LogP contribution in [-0.4, -0.2) is 30.0 Å². The van der Waals surface area contributed by atoms with Crippen LogP contribution in [0.1, 0.15) is 25.5 Å². The minimum absolute atomic E-state index is 0.0930. The summed E-state index contributed by atoms with van der Waals surface area (Å²) in [6, 6.07) is 4.61. The van der Waals surface area contributed by atoms with Gasteiger partial charge in [-0.1, -0.05) is 6.07 Å². The fourth-order valence-electron chi connectivity index (χ4n) is 1.51. The molecule has 4 heteroatoms. The highest BCUT2D eigenvalue weighted by molar-refractivity contribution is 5.44.